The minimum Gasteiger partial charge on any atom is -0.297 e. The van der Waals surface area contributed by atoms with Crippen LogP contribution in [0.4, 0.5) is 0 Å². The zero-order valence-corrected chi connectivity index (χ0v) is 10.9. The Morgan fingerprint density at radius 1 is 1.13 bits per heavy atom. The zero-order chi connectivity index (χ0) is 11.1. The molecule has 2 rings (SSSR count). The van der Waals surface area contributed by atoms with Crippen molar-refractivity contribution in [2.24, 2.45) is 17.8 Å². The molecular formula is C14H27N. The Balaban J connectivity index is 2.17. The lowest BCUT2D eigenvalue weighted by Gasteiger charge is -2.45. The molecule has 0 spiro atoms. The second-order valence-electron chi connectivity index (χ2n) is 6.37. The fraction of sp³-hybridized carbons (Fsp3) is 1.00. The van der Waals surface area contributed by atoms with Crippen LogP contribution in [-0.4, -0.2) is 23.5 Å². The van der Waals surface area contributed by atoms with Crippen LogP contribution in [0.2, 0.25) is 0 Å². The van der Waals surface area contributed by atoms with Crippen LogP contribution in [0.25, 0.3) is 0 Å². The minimum absolute atomic E-state index is 0.577. The van der Waals surface area contributed by atoms with Crippen molar-refractivity contribution in [3.8, 4) is 0 Å². The molecule has 0 aromatic heterocycles. The highest BCUT2D eigenvalue weighted by Crippen LogP contribution is 2.46. The average molecular weight is 209 g/mol. The molecule has 15 heavy (non-hydrogen) atoms. The van der Waals surface area contributed by atoms with Crippen molar-refractivity contribution < 1.29 is 0 Å². The monoisotopic (exact) mass is 209 g/mol. The van der Waals surface area contributed by atoms with Gasteiger partial charge < -0.3 is 0 Å². The third kappa shape index (κ3) is 1.84. The molecule has 0 amide bonds. The second-order valence-corrected chi connectivity index (χ2v) is 6.37. The topological polar surface area (TPSA) is 3.24 Å². The van der Waals surface area contributed by atoms with Crippen molar-refractivity contribution in [1.29, 1.82) is 0 Å². The molecule has 0 aliphatic carbocycles. The van der Waals surface area contributed by atoms with E-state index in [0.29, 0.717) is 5.54 Å². The van der Waals surface area contributed by atoms with E-state index in [1.165, 1.54) is 38.8 Å². The van der Waals surface area contributed by atoms with Gasteiger partial charge in [-0.1, -0.05) is 34.1 Å². The van der Waals surface area contributed by atoms with E-state index in [1.807, 2.05) is 0 Å². The van der Waals surface area contributed by atoms with Crippen molar-refractivity contribution in [2.45, 2.75) is 58.9 Å². The largest absolute Gasteiger partial charge is 0.297 e. The highest BCUT2D eigenvalue weighted by molar-refractivity contribution is 5.03. The summed E-state index contributed by atoms with van der Waals surface area (Å²) in [5.74, 6) is 2.65. The molecule has 0 saturated carbocycles. The lowest BCUT2D eigenvalue weighted by molar-refractivity contribution is 0.0476. The molecule has 2 atom stereocenters. The SMILES string of the molecule is CC(C)C1CN2CCCCC2(C(C)C)C1. The summed E-state index contributed by atoms with van der Waals surface area (Å²) < 4.78 is 0. The van der Waals surface area contributed by atoms with Crippen LogP contribution in [0, 0.1) is 17.8 Å². The third-order valence-electron chi connectivity index (χ3n) is 5.01. The van der Waals surface area contributed by atoms with Gasteiger partial charge in [0.25, 0.3) is 0 Å². The Bertz CT molecular complexity index is 221. The van der Waals surface area contributed by atoms with Gasteiger partial charge in [0.05, 0.1) is 0 Å². The molecule has 2 fully saturated rings. The third-order valence-corrected chi connectivity index (χ3v) is 5.01. The standard InChI is InChI=1S/C14H27N/c1-11(2)13-9-14(12(3)4)7-5-6-8-15(14)10-13/h11-13H,5-10H2,1-4H3. The van der Waals surface area contributed by atoms with E-state index in [2.05, 4.69) is 32.6 Å². The van der Waals surface area contributed by atoms with Gasteiger partial charge in [-0.3, -0.25) is 4.90 Å². The summed E-state index contributed by atoms with van der Waals surface area (Å²) in [6.45, 7) is 12.4. The predicted molar refractivity (Wildman–Crippen MR) is 65.9 cm³/mol. The van der Waals surface area contributed by atoms with Gasteiger partial charge in [0.15, 0.2) is 0 Å². The first kappa shape index (κ1) is 11.4. The van der Waals surface area contributed by atoms with E-state index < -0.39 is 0 Å². The lowest BCUT2D eigenvalue weighted by Crippen LogP contribution is -2.50. The van der Waals surface area contributed by atoms with Gasteiger partial charge in [0.2, 0.25) is 0 Å². The molecule has 0 aromatic rings. The Morgan fingerprint density at radius 2 is 1.87 bits per heavy atom. The molecule has 2 aliphatic heterocycles. The summed E-state index contributed by atoms with van der Waals surface area (Å²) >= 11 is 0. The Morgan fingerprint density at radius 3 is 2.40 bits per heavy atom. The number of hydrogen-bond acceptors (Lipinski definition) is 1. The van der Waals surface area contributed by atoms with Crippen LogP contribution in [0.5, 0.6) is 0 Å². The molecule has 0 N–H and O–H groups in total. The summed E-state index contributed by atoms with van der Waals surface area (Å²) in [5.41, 5.74) is 0.577. The van der Waals surface area contributed by atoms with Crippen molar-refractivity contribution in [2.75, 3.05) is 13.1 Å². The molecule has 2 saturated heterocycles. The Labute approximate surface area is 95.2 Å². The van der Waals surface area contributed by atoms with Crippen LogP contribution in [0.15, 0.2) is 0 Å². The van der Waals surface area contributed by atoms with E-state index in [0.717, 1.165) is 17.8 Å². The summed E-state index contributed by atoms with van der Waals surface area (Å²) in [6, 6.07) is 0. The first-order valence-corrected chi connectivity index (χ1v) is 6.81. The number of nitrogens with zero attached hydrogens (tertiary/aromatic N) is 1. The fourth-order valence-corrected chi connectivity index (χ4v) is 3.76. The van der Waals surface area contributed by atoms with Crippen molar-refractivity contribution in [1.82, 2.24) is 4.90 Å². The van der Waals surface area contributed by atoms with E-state index in [-0.39, 0.29) is 0 Å². The molecule has 2 heterocycles. The minimum atomic E-state index is 0.577. The van der Waals surface area contributed by atoms with Crippen LogP contribution in [0.3, 0.4) is 0 Å². The number of fused-ring (bicyclic) bond motifs is 1. The van der Waals surface area contributed by atoms with Crippen molar-refractivity contribution in [3.05, 3.63) is 0 Å². The van der Waals surface area contributed by atoms with Crippen molar-refractivity contribution in [3.63, 3.8) is 0 Å². The van der Waals surface area contributed by atoms with Gasteiger partial charge in [-0.2, -0.15) is 0 Å². The van der Waals surface area contributed by atoms with Crippen LogP contribution < -0.4 is 0 Å². The predicted octanol–water partition coefficient (Wildman–Crippen LogP) is 3.54. The van der Waals surface area contributed by atoms with Crippen LogP contribution in [0.1, 0.15) is 53.4 Å². The molecule has 2 aliphatic rings. The van der Waals surface area contributed by atoms with E-state index >= 15 is 0 Å². The first-order valence-electron chi connectivity index (χ1n) is 6.81. The molecule has 0 bridgehead atoms. The van der Waals surface area contributed by atoms with Crippen LogP contribution in [-0.2, 0) is 0 Å². The molecular weight excluding hydrogens is 182 g/mol. The van der Waals surface area contributed by atoms with E-state index in [4.69, 9.17) is 0 Å². The highest BCUT2D eigenvalue weighted by Gasteiger charge is 2.48. The molecule has 2 unspecified atom stereocenters. The van der Waals surface area contributed by atoms with Gasteiger partial charge >= 0.3 is 0 Å². The molecule has 0 radical (unpaired) electrons. The smallest absolute Gasteiger partial charge is 0.0235 e. The van der Waals surface area contributed by atoms with Crippen LogP contribution >= 0.6 is 0 Å². The first-order chi connectivity index (χ1) is 7.06. The quantitative estimate of drug-likeness (QED) is 0.672. The normalized spacial score (nSPS) is 37.6. The van der Waals surface area contributed by atoms with Gasteiger partial charge in [-0.25, -0.2) is 0 Å². The zero-order valence-electron chi connectivity index (χ0n) is 10.9. The summed E-state index contributed by atoms with van der Waals surface area (Å²) in [5, 5.41) is 0. The maximum absolute atomic E-state index is 2.83. The molecule has 1 nitrogen and oxygen atoms in total. The Hall–Kier alpha value is -0.0400. The number of piperidine rings is 1. The molecule has 1 heteroatoms. The molecule has 88 valence electrons. The summed E-state index contributed by atoms with van der Waals surface area (Å²) in [4.78, 5) is 2.83. The van der Waals surface area contributed by atoms with E-state index in [1.54, 1.807) is 0 Å². The fourth-order valence-electron chi connectivity index (χ4n) is 3.76. The highest BCUT2D eigenvalue weighted by atomic mass is 15.2. The summed E-state index contributed by atoms with van der Waals surface area (Å²) in [6.07, 6.45) is 5.80. The average Bonchev–Trinajstić information content (AvgIpc) is 2.58. The maximum atomic E-state index is 2.83. The second kappa shape index (κ2) is 4.08. The van der Waals surface area contributed by atoms with E-state index in [9.17, 15) is 0 Å². The molecule has 0 aromatic carbocycles. The maximum Gasteiger partial charge on any atom is 0.0235 e. The van der Waals surface area contributed by atoms with Gasteiger partial charge in [0, 0.05) is 12.1 Å². The number of hydrogen-bond donors (Lipinski definition) is 0. The lowest BCUT2D eigenvalue weighted by atomic mass is 9.75. The number of rotatable bonds is 2. The van der Waals surface area contributed by atoms with Gasteiger partial charge in [0.1, 0.15) is 0 Å². The van der Waals surface area contributed by atoms with Gasteiger partial charge in [-0.05, 0) is 43.6 Å². The van der Waals surface area contributed by atoms with Gasteiger partial charge in [-0.15, -0.1) is 0 Å². The summed E-state index contributed by atoms with van der Waals surface area (Å²) in [7, 11) is 0. The van der Waals surface area contributed by atoms with Crippen molar-refractivity contribution >= 4 is 0 Å². The Kier molecular flexibility index (Phi) is 3.12.